The number of hydrogen-bond acceptors (Lipinski definition) is 4. The number of amides is 1. The zero-order valence-electron chi connectivity index (χ0n) is 13.6. The van der Waals surface area contributed by atoms with E-state index in [1.165, 1.54) is 5.56 Å². The van der Waals surface area contributed by atoms with Gasteiger partial charge in [-0.2, -0.15) is 5.26 Å². The molecule has 0 fully saturated rings. The molecule has 1 amide bonds. The lowest BCUT2D eigenvalue weighted by molar-refractivity contribution is 0.0929. The predicted molar refractivity (Wildman–Crippen MR) is 89.8 cm³/mol. The average Bonchev–Trinajstić information content (AvgIpc) is 3.01. The van der Waals surface area contributed by atoms with E-state index in [1.54, 1.807) is 18.3 Å². The van der Waals surface area contributed by atoms with Crippen molar-refractivity contribution in [3.05, 3.63) is 58.9 Å². The molecule has 0 aliphatic heterocycles. The highest BCUT2D eigenvalue weighted by atomic mass is 16.5. The molecular weight excluding hydrogens is 302 g/mol. The first-order valence-corrected chi connectivity index (χ1v) is 8.12. The molecule has 0 saturated heterocycles. The fraction of sp³-hybridized carbons (Fsp3) is 0.316. The average molecular weight is 321 g/mol. The van der Waals surface area contributed by atoms with Crippen LogP contribution in [0.1, 0.15) is 40.5 Å². The molecule has 1 heterocycles. The van der Waals surface area contributed by atoms with Gasteiger partial charge in [-0.05, 0) is 54.7 Å². The van der Waals surface area contributed by atoms with Crippen LogP contribution in [0.4, 0.5) is 0 Å². The summed E-state index contributed by atoms with van der Waals surface area (Å²) in [4.78, 5) is 16.7. The molecule has 1 aliphatic carbocycles. The first kappa shape index (κ1) is 16.0. The predicted octanol–water partition coefficient (Wildman–Crippen LogP) is 2.64. The molecule has 5 heteroatoms. The lowest BCUT2D eigenvalue weighted by atomic mass is 10.1. The molecule has 24 heavy (non-hydrogen) atoms. The molecule has 1 aromatic heterocycles. The van der Waals surface area contributed by atoms with Gasteiger partial charge in [0.1, 0.15) is 0 Å². The van der Waals surface area contributed by atoms with Crippen LogP contribution in [0.15, 0.2) is 36.5 Å². The molecule has 5 nitrogen and oxygen atoms in total. The topological polar surface area (TPSA) is 75.0 Å². The van der Waals surface area contributed by atoms with E-state index < -0.39 is 0 Å². The number of benzene rings is 1. The number of carbonyl (C=O) groups is 1. The highest BCUT2D eigenvalue weighted by Crippen LogP contribution is 2.24. The Hall–Kier alpha value is -2.87. The fourth-order valence-corrected chi connectivity index (χ4v) is 2.93. The van der Waals surface area contributed by atoms with Gasteiger partial charge in [0.25, 0.3) is 5.91 Å². The second-order valence-electron chi connectivity index (χ2n) is 5.87. The minimum atomic E-state index is -0.222. The molecule has 122 valence electrons. The van der Waals surface area contributed by atoms with Crippen molar-refractivity contribution in [2.75, 3.05) is 6.61 Å². The van der Waals surface area contributed by atoms with Gasteiger partial charge in [0.05, 0.1) is 18.2 Å². The van der Waals surface area contributed by atoms with E-state index in [-0.39, 0.29) is 11.9 Å². The van der Waals surface area contributed by atoms with Crippen LogP contribution in [0.5, 0.6) is 5.75 Å². The van der Waals surface area contributed by atoms with Gasteiger partial charge in [0.2, 0.25) is 0 Å². The summed E-state index contributed by atoms with van der Waals surface area (Å²) in [6.45, 7) is 2.57. The molecule has 0 bridgehead atoms. The van der Waals surface area contributed by atoms with Crippen molar-refractivity contribution in [1.29, 1.82) is 5.26 Å². The van der Waals surface area contributed by atoms with Crippen LogP contribution in [0, 0.1) is 11.3 Å². The maximum absolute atomic E-state index is 12.6. The third kappa shape index (κ3) is 3.38. The van der Waals surface area contributed by atoms with Crippen LogP contribution >= 0.6 is 0 Å². The number of hydrogen-bond donors (Lipinski definition) is 1. The second kappa shape index (κ2) is 7.14. The molecule has 1 unspecified atom stereocenters. The largest absolute Gasteiger partial charge is 0.491 e. The van der Waals surface area contributed by atoms with Crippen molar-refractivity contribution < 1.29 is 9.53 Å². The molecule has 0 saturated carbocycles. The molecule has 0 radical (unpaired) electrons. The van der Waals surface area contributed by atoms with Crippen LogP contribution in [-0.4, -0.2) is 23.5 Å². The minimum Gasteiger partial charge on any atom is -0.491 e. The number of ether oxygens (including phenoxy) is 1. The Morgan fingerprint density at radius 1 is 1.38 bits per heavy atom. The summed E-state index contributed by atoms with van der Waals surface area (Å²) in [5.41, 5.74) is 3.28. The van der Waals surface area contributed by atoms with Crippen LogP contribution in [0.25, 0.3) is 0 Å². The molecular formula is C19H19N3O2. The number of aromatic nitrogens is 1. The number of pyridine rings is 1. The fourth-order valence-electron chi connectivity index (χ4n) is 2.93. The number of rotatable bonds is 5. The summed E-state index contributed by atoms with van der Waals surface area (Å²) in [6, 6.07) is 11.4. The Morgan fingerprint density at radius 3 is 3.00 bits per heavy atom. The third-order valence-corrected chi connectivity index (χ3v) is 4.05. The normalized spacial score (nSPS) is 15.4. The van der Waals surface area contributed by atoms with E-state index in [0.29, 0.717) is 23.6 Å². The Morgan fingerprint density at radius 2 is 2.21 bits per heavy atom. The molecule has 1 aliphatic rings. The van der Waals surface area contributed by atoms with Crippen LogP contribution in [0.3, 0.4) is 0 Å². The SMILES string of the molecule is CCCOc1cccnc1C(=O)NC1Cc2ccc(C#N)cc2C1. The van der Waals surface area contributed by atoms with E-state index in [0.717, 1.165) is 24.8 Å². The molecule has 1 aromatic carbocycles. The van der Waals surface area contributed by atoms with E-state index in [1.807, 2.05) is 25.1 Å². The molecule has 0 spiro atoms. The molecule has 2 aromatic rings. The molecule has 1 N–H and O–H groups in total. The first-order valence-electron chi connectivity index (χ1n) is 8.12. The lowest BCUT2D eigenvalue weighted by Gasteiger charge is -2.14. The summed E-state index contributed by atoms with van der Waals surface area (Å²) >= 11 is 0. The summed E-state index contributed by atoms with van der Waals surface area (Å²) in [7, 11) is 0. The Labute approximate surface area is 141 Å². The first-order chi connectivity index (χ1) is 11.7. The van der Waals surface area contributed by atoms with E-state index in [9.17, 15) is 4.79 Å². The van der Waals surface area contributed by atoms with Gasteiger partial charge in [0, 0.05) is 12.2 Å². The van der Waals surface area contributed by atoms with Crippen LogP contribution in [0.2, 0.25) is 0 Å². The quantitative estimate of drug-likeness (QED) is 0.918. The van der Waals surface area contributed by atoms with Gasteiger partial charge >= 0.3 is 0 Å². The van der Waals surface area contributed by atoms with Crippen molar-refractivity contribution in [3.8, 4) is 11.8 Å². The maximum Gasteiger partial charge on any atom is 0.273 e. The van der Waals surface area contributed by atoms with Gasteiger partial charge in [-0.3, -0.25) is 4.79 Å². The number of carbonyl (C=O) groups excluding carboxylic acids is 1. The van der Waals surface area contributed by atoms with E-state index >= 15 is 0 Å². The maximum atomic E-state index is 12.6. The highest BCUT2D eigenvalue weighted by molar-refractivity contribution is 5.95. The van der Waals surface area contributed by atoms with Gasteiger partial charge in [-0.25, -0.2) is 4.98 Å². The number of nitriles is 1. The number of fused-ring (bicyclic) bond motifs is 1. The van der Waals surface area contributed by atoms with E-state index in [2.05, 4.69) is 16.4 Å². The summed E-state index contributed by atoms with van der Waals surface area (Å²) in [5, 5.41) is 12.0. The van der Waals surface area contributed by atoms with Crippen molar-refractivity contribution >= 4 is 5.91 Å². The Kier molecular flexibility index (Phi) is 4.76. The van der Waals surface area contributed by atoms with Gasteiger partial charge in [-0.15, -0.1) is 0 Å². The van der Waals surface area contributed by atoms with Crippen molar-refractivity contribution in [3.63, 3.8) is 0 Å². The van der Waals surface area contributed by atoms with Crippen LogP contribution in [-0.2, 0) is 12.8 Å². The zero-order chi connectivity index (χ0) is 16.9. The molecule has 3 rings (SSSR count). The van der Waals surface area contributed by atoms with Crippen molar-refractivity contribution in [2.45, 2.75) is 32.2 Å². The van der Waals surface area contributed by atoms with Gasteiger partial charge in [0.15, 0.2) is 11.4 Å². The van der Waals surface area contributed by atoms with Gasteiger partial charge in [-0.1, -0.05) is 13.0 Å². The van der Waals surface area contributed by atoms with E-state index in [4.69, 9.17) is 10.00 Å². The van der Waals surface area contributed by atoms with Crippen molar-refractivity contribution in [2.24, 2.45) is 0 Å². The van der Waals surface area contributed by atoms with Crippen molar-refractivity contribution in [1.82, 2.24) is 10.3 Å². The van der Waals surface area contributed by atoms with Gasteiger partial charge < -0.3 is 10.1 Å². The minimum absolute atomic E-state index is 0.0162. The smallest absolute Gasteiger partial charge is 0.273 e. The summed E-state index contributed by atoms with van der Waals surface area (Å²) in [5.74, 6) is 0.291. The number of nitrogens with one attached hydrogen (secondary N) is 1. The Bertz CT molecular complexity index is 795. The Balaban J connectivity index is 1.70. The summed E-state index contributed by atoms with van der Waals surface area (Å²) in [6.07, 6.45) is 3.96. The zero-order valence-corrected chi connectivity index (χ0v) is 13.6. The van der Waals surface area contributed by atoms with Crippen LogP contribution < -0.4 is 10.1 Å². The summed E-state index contributed by atoms with van der Waals surface area (Å²) < 4.78 is 5.60. The number of nitrogens with zero attached hydrogens (tertiary/aromatic N) is 2. The monoisotopic (exact) mass is 321 g/mol. The second-order valence-corrected chi connectivity index (χ2v) is 5.87. The molecule has 1 atom stereocenters. The standard InChI is InChI=1S/C19H19N3O2/c1-2-8-24-17-4-3-7-21-18(17)19(23)22-16-10-14-6-5-13(12-20)9-15(14)11-16/h3-7,9,16H,2,8,10-11H2,1H3,(H,22,23). The third-order valence-electron chi connectivity index (χ3n) is 4.05. The highest BCUT2D eigenvalue weighted by Gasteiger charge is 2.25. The lowest BCUT2D eigenvalue weighted by Crippen LogP contribution is -2.36.